The molecule has 0 saturated heterocycles. The van der Waals surface area contributed by atoms with E-state index in [2.05, 4.69) is 9.84 Å². The fourth-order valence-corrected chi connectivity index (χ4v) is 2.86. The van der Waals surface area contributed by atoms with Crippen molar-refractivity contribution in [1.29, 1.82) is 0 Å². The van der Waals surface area contributed by atoms with Gasteiger partial charge in [-0.2, -0.15) is 4.65 Å². The fourth-order valence-electron chi connectivity index (χ4n) is 1.85. The van der Waals surface area contributed by atoms with Gasteiger partial charge in [-0.25, -0.2) is 4.57 Å². The van der Waals surface area contributed by atoms with Crippen molar-refractivity contribution in [2.45, 2.75) is 32.6 Å². The van der Waals surface area contributed by atoms with Gasteiger partial charge in [0.1, 0.15) is 6.54 Å². The quantitative estimate of drug-likeness (QED) is 0.169. The highest BCUT2D eigenvalue weighted by Crippen LogP contribution is 2.45. The molecule has 4 N–H and O–H groups in total. The maximum absolute atomic E-state index is 11.6. The molecule has 24 heavy (non-hydrogen) atoms. The van der Waals surface area contributed by atoms with E-state index < -0.39 is 7.82 Å². The summed E-state index contributed by atoms with van der Waals surface area (Å²) in [6, 6.07) is 0. The number of phosphoric ester groups is 1. The van der Waals surface area contributed by atoms with Crippen molar-refractivity contribution in [2.24, 2.45) is 5.73 Å². The molecule has 0 fully saturated rings. The van der Waals surface area contributed by atoms with Crippen molar-refractivity contribution in [3.63, 3.8) is 0 Å². The first-order valence-corrected chi connectivity index (χ1v) is 9.78. The van der Waals surface area contributed by atoms with E-state index in [1.54, 1.807) is 21.0 Å². The highest BCUT2D eigenvalue weighted by atomic mass is 31.2. The van der Waals surface area contributed by atoms with E-state index in [1.165, 1.54) is 0 Å². The Morgan fingerprint density at radius 2 is 1.96 bits per heavy atom. The molecule has 10 heteroatoms. The average molecular weight is 370 g/mol. The van der Waals surface area contributed by atoms with Crippen molar-refractivity contribution in [2.75, 3.05) is 53.6 Å². The van der Waals surface area contributed by atoms with Crippen LogP contribution in [0.25, 0.3) is 0 Å². The Balaban J connectivity index is 3.71. The standard InChI is InChI=1S/C14H32N3O6P/c1-4-22-24(19,20)23-17(2,3)11-13-21-12-10-16-14(18)8-6-5-7-9-15/h4-13,15H2,1-3H3,(H-,16,18,19,20)/p+1. The zero-order valence-corrected chi connectivity index (χ0v) is 15.9. The van der Waals surface area contributed by atoms with Crippen LogP contribution in [0.1, 0.15) is 32.6 Å². The molecule has 0 heterocycles. The number of carbonyl (C=O) groups excluding carboxylic acids is 1. The zero-order valence-electron chi connectivity index (χ0n) is 15.0. The van der Waals surface area contributed by atoms with Gasteiger partial charge < -0.3 is 15.8 Å². The number of ether oxygens (including phenoxy) is 1. The summed E-state index contributed by atoms with van der Waals surface area (Å²) in [7, 11) is -0.786. The summed E-state index contributed by atoms with van der Waals surface area (Å²) in [6.07, 6.45) is 3.25. The van der Waals surface area contributed by atoms with Crippen LogP contribution in [0.15, 0.2) is 0 Å². The van der Waals surface area contributed by atoms with Crippen LogP contribution >= 0.6 is 7.82 Å². The molecule has 0 rings (SSSR count). The summed E-state index contributed by atoms with van der Waals surface area (Å²) in [6.45, 7) is 3.86. The number of hydrogen-bond donors (Lipinski definition) is 3. The van der Waals surface area contributed by atoms with Gasteiger partial charge in [0.05, 0.1) is 33.9 Å². The number of phosphoric acid groups is 1. The fraction of sp³-hybridized carbons (Fsp3) is 0.929. The SMILES string of the molecule is CCOP(=O)(O)O[N+](C)(C)CCOCCNC(=O)CCCCCN. The summed E-state index contributed by atoms with van der Waals surface area (Å²) in [5.74, 6) is 0.00741. The molecular formula is C14H33N3O6P+. The minimum atomic E-state index is -4.05. The monoisotopic (exact) mass is 370 g/mol. The number of amides is 1. The third-order valence-electron chi connectivity index (χ3n) is 3.07. The van der Waals surface area contributed by atoms with Gasteiger partial charge in [0.15, 0.2) is 0 Å². The van der Waals surface area contributed by atoms with Crippen molar-refractivity contribution in [3.8, 4) is 0 Å². The highest BCUT2D eigenvalue weighted by molar-refractivity contribution is 7.47. The number of nitrogens with two attached hydrogens (primary N) is 1. The molecule has 1 amide bonds. The number of nitrogens with zero attached hydrogens (tertiary/aromatic N) is 1. The molecule has 0 aromatic rings. The Labute approximate surface area is 144 Å². The Morgan fingerprint density at radius 1 is 1.25 bits per heavy atom. The largest absolute Gasteiger partial charge is 0.518 e. The molecule has 1 atom stereocenters. The molecule has 0 bridgehead atoms. The summed E-state index contributed by atoms with van der Waals surface area (Å²) in [4.78, 5) is 21.0. The normalized spacial score (nSPS) is 14.4. The van der Waals surface area contributed by atoms with E-state index in [-0.39, 0.29) is 17.2 Å². The molecule has 0 aliphatic heterocycles. The lowest BCUT2D eigenvalue weighted by atomic mass is 10.2. The predicted molar refractivity (Wildman–Crippen MR) is 90.9 cm³/mol. The van der Waals surface area contributed by atoms with Crippen LogP contribution in [-0.4, -0.2) is 69.0 Å². The number of hydroxylamine groups is 3. The van der Waals surface area contributed by atoms with E-state index in [9.17, 15) is 14.3 Å². The first kappa shape index (κ1) is 23.5. The molecule has 0 spiro atoms. The van der Waals surface area contributed by atoms with Gasteiger partial charge in [0, 0.05) is 13.0 Å². The molecule has 0 aliphatic rings. The van der Waals surface area contributed by atoms with Crippen LogP contribution in [0, 0.1) is 0 Å². The van der Waals surface area contributed by atoms with Crippen molar-refractivity contribution < 1.29 is 32.8 Å². The third-order valence-corrected chi connectivity index (χ3v) is 4.30. The minimum Gasteiger partial charge on any atom is -0.374 e. The Kier molecular flexibility index (Phi) is 12.5. The van der Waals surface area contributed by atoms with Crippen LogP contribution in [-0.2, 0) is 23.2 Å². The van der Waals surface area contributed by atoms with Crippen molar-refractivity contribution in [3.05, 3.63) is 0 Å². The van der Waals surface area contributed by atoms with Gasteiger partial charge in [0.2, 0.25) is 5.91 Å². The molecule has 0 aromatic heterocycles. The Morgan fingerprint density at radius 3 is 2.58 bits per heavy atom. The van der Waals surface area contributed by atoms with E-state index in [4.69, 9.17) is 15.1 Å². The van der Waals surface area contributed by atoms with Gasteiger partial charge in [0.25, 0.3) is 0 Å². The first-order valence-electron chi connectivity index (χ1n) is 8.28. The maximum atomic E-state index is 11.6. The van der Waals surface area contributed by atoms with Crippen molar-refractivity contribution in [1.82, 2.24) is 5.32 Å². The molecule has 0 aliphatic carbocycles. The van der Waals surface area contributed by atoms with E-state index in [0.717, 1.165) is 19.3 Å². The maximum Gasteiger partial charge on any atom is 0.518 e. The number of rotatable bonds is 15. The van der Waals surface area contributed by atoms with Crippen LogP contribution in [0.4, 0.5) is 0 Å². The second-order valence-corrected chi connectivity index (χ2v) is 7.19. The highest BCUT2D eigenvalue weighted by Gasteiger charge is 2.32. The molecular weight excluding hydrogens is 337 g/mol. The second-order valence-electron chi connectivity index (χ2n) is 5.83. The summed E-state index contributed by atoms with van der Waals surface area (Å²) in [5, 5.41) is 2.78. The zero-order chi connectivity index (χ0) is 18.5. The van der Waals surface area contributed by atoms with Crippen LogP contribution < -0.4 is 11.1 Å². The number of nitrogens with one attached hydrogen (secondary N) is 1. The molecule has 0 aromatic carbocycles. The van der Waals surface area contributed by atoms with E-state index in [1.807, 2.05) is 0 Å². The molecule has 1 unspecified atom stereocenters. The van der Waals surface area contributed by atoms with Gasteiger partial charge in [-0.05, 0) is 26.3 Å². The van der Waals surface area contributed by atoms with E-state index >= 15 is 0 Å². The lowest BCUT2D eigenvalue weighted by molar-refractivity contribution is -1.05. The summed E-state index contributed by atoms with van der Waals surface area (Å²) in [5.41, 5.74) is 5.39. The van der Waals surface area contributed by atoms with Gasteiger partial charge in [-0.1, -0.05) is 11.0 Å². The van der Waals surface area contributed by atoms with Crippen molar-refractivity contribution >= 4 is 13.7 Å². The van der Waals surface area contributed by atoms with E-state index in [0.29, 0.717) is 39.3 Å². The minimum absolute atomic E-state index is 0.00741. The smallest absolute Gasteiger partial charge is 0.374 e. The Bertz CT molecular complexity index is 395. The van der Waals surface area contributed by atoms with Crippen LogP contribution in [0.2, 0.25) is 0 Å². The topological polar surface area (TPSA) is 120 Å². The predicted octanol–water partition coefficient (Wildman–Crippen LogP) is 0.783. The van der Waals surface area contributed by atoms with Gasteiger partial charge in [-0.15, -0.1) is 0 Å². The molecule has 0 saturated carbocycles. The second kappa shape index (κ2) is 12.8. The third kappa shape index (κ3) is 13.9. The van der Waals surface area contributed by atoms with Gasteiger partial charge in [-0.3, -0.25) is 14.2 Å². The average Bonchev–Trinajstić information content (AvgIpc) is 2.46. The first-order chi connectivity index (χ1) is 11.2. The summed E-state index contributed by atoms with van der Waals surface area (Å²) < 4.78 is 26.5. The lowest BCUT2D eigenvalue weighted by Crippen LogP contribution is -2.41. The summed E-state index contributed by atoms with van der Waals surface area (Å²) >= 11 is 0. The number of carbonyl (C=O) groups is 1. The Hall–Kier alpha value is -0.540. The number of hydrogen-bond acceptors (Lipinski definition) is 6. The number of quaternary nitrogens is 1. The molecule has 9 nitrogen and oxygen atoms in total. The van der Waals surface area contributed by atoms with Gasteiger partial charge >= 0.3 is 7.82 Å². The van der Waals surface area contributed by atoms with Crippen LogP contribution in [0.5, 0.6) is 0 Å². The molecule has 0 radical (unpaired) electrons. The lowest BCUT2D eigenvalue weighted by Gasteiger charge is -2.27. The molecule has 144 valence electrons. The van der Waals surface area contributed by atoms with Crippen LogP contribution in [0.3, 0.4) is 0 Å². The number of unbranched alkanes of at least 4 members (excludes halogenated alkanes) is 2. The number of likely N-dealkylation sites (N-methyl/N-ethyl adjacent to an activating group) is 1.